The third kappa shape index (κ3) is 6.01. The molecule has 1 aliphatic heterocycles. The summed E-state index contributed by atoms with van der Waals surface area (Å²) in [5.74, 6) is 2.18. The first-order chi connectivity index (χ1) is 20.8. The summed E-state index contributed by atoms with van der Waals surface area (Å²) in [5, 5.41) is 13.5. The molecule has 0 bridgehead atoms. The monoisotopic (exact) mass is 606 g/mol. The van der Waals surface area contributed by atoms with E-state index in [9.17, 15) is 18.3 Å². The fourth-order valence-corrected chi connectivity index (χ4v) is 6.25. The summed E-state index contributed by atoms with van der Waals surface area (Å²) < 4.78 is 51.6. The summed E-state index contributed by atoms with van der Waals surface area (Å²) in [7, 11) is -1.48. The van der Waals surface area contributed by atoms with Crippen molar-refractivity contribution < 1.29 is 37.1 Å². The normalized spacial score (nSPS) is 13.4. The van der Waals surface area contributed by atoms with Gasteiger partial charge in [0.15, 0.2) is 16.3 Å². The van der Waals surface area contributed by atoms with Crippen molar-refractivity contribution in [2.75, 3.05) is 63.2 Å². The molecule has 0 radical (unpaired) electrons. The highest BCUT2D eigenvalue weighted by atomic mass is 32.2. The minimum Gasteiger partial charge on any atom is -0.496 e. The SMILES string of the molecule is C#CC(=O)N1CCN(c2cccc(-c3cc(OC)c4c(NS(=O)(=O)c5c(OC)cccc5OCCO)noc4c3)c2)CC1. The lowest BCUT2D eigenvalue weighted by Gasteiger charge is -2.35. The van der Waals surface area contributed by atoms with E-state index in [1.807, 2.05) is 24.3 Å². The van der Waals surface area contributed by atoms with Gasteiger partial charge in [-0.1, -0.05) is 23.4 Å². The number of hydrogen-bond acceptors (Lipinski definition) is 10. The van der Waals surface area contributed by atoms with Crippen LogP contribution in [0.3, 0.4) is 0 Å². The van der Waals surface area contributed by atoms with Crippen LogP contribution >= 0.6 is 0 Å². The van der Waals surface area contributed by atoms with Gasteiger partial charge in [0.25, 0.3) is 15.9 Å². The number of rotatable bonds is 10. The topological polar surface area (TPSA) is 144 Å². The summed E-state index contributed by atoms with van der Waals surface area (Å²) in [6, 6.07) is 16.0. The molecule has 0 aliphatic carbocycles. The van der Waals surface area contributed by atoms with E-state index in [0.717, 1.165) is 16.8 Å². The maximum atomic E-state index is 13.6. The van der Waals surface area contributed by atoms with Crippen molar-refractivity contribution in [2.45, 2.75) is 4.90 Å². The molecule has 5 rings (SSSR count). The fraction of sp³-hybridized carbons (Fsp3) is 0.267. The van der Waals surface area contributed by atoms with Crippen molar-refractivity contribution in [1.29, 1.82) is 0 Å². The highest BCUT2D eigenvalue weighted by Crippen LogP contribution is 2.40. The molecule has 1 aromatic heterocycles. The maximum absolute atomic E-state index is 13.6. The standard InChI is InChI=1S/C30H30N4O8S/c1-4-27(36)34-13-11-33(12-14-34)22-8-5-7-20(17-22)21-18-25(40-3)28-26(19-21)42-31-30(28)32-43(37,38)29-23(39-2)9-6-10-24(29)41-16-15-35/h1,5-10,17-19,35H,11-16H2,2-3H3,(H,31,32). The van der Waals surface area contributed by atoms with E-state index in [2.05, 4.69) is 20.7 Å². The second-order valence-electron chi connectivity index (χ2n) is 9.52. The molecular formula is C30H30N4O8S. The summed E-state index contributed by atoms with van der Waals surface area (Å²) >= 11 is 0. The molecule has 1 amide bonds. The van der Waals surface area contributed by atoms with Crippen LogP contribution in [0.4, 0.5) is 11.5 Å². The average Bonchev–Trinajstić information content (AvgIpc) is 3.44. The van der Waals surface area contributed by atoms with Gasteiger partial charge in [-0.25, -0.2) is 8.42 Å². The van der Waals surface area contributed by atoms with Crippen LogP contribution in [-0.4, -0.2) is 83.1 Å². The molecule has 0 spiro atoms. The Bertz CT molecular complexity index is 1790. The number of aromatic nitrogens is 1. The van der Waals surface area contributed by atoms with Gasteiger partial charge in [0.2, 0.25) is 0 Å². The first-order valence-corrected chi connectivity index (χ1v) is 14.8. The number of amides is 1. The molecule has 1 fully saturated rings. The van der Waals surface area contributed by atoms with Crippen LogP contribution in [0.5, 0.6) is 17.2 Å². The number of piperazine rings is 1. The number of ether oxygens (including phenoxy) is 3. The van der Waals surface area contributed by atoms with E-state index < -0.39 is 10.0 Å². The maximum Gasteiger partial charge on any atom is 0.298 e. The van der Waals surface area contributed by atoms with Crippen LogP contribution in [0.25, 0.3) is 22.1 Å². The second-order valence-corrected chi connectivity index (χ2v) is 11.1. The van der Waals surface area contributed by atoms with Gasteiger partial charge >= 0.3 is 0 Å². The zero-order valence-corrected chi connectivity index (χ0v) is 24.4. The van der Waals surface area contributed by atoms with Crippen LogP contribution < -0.4 is 23.8 Å². The number of methoxy groups -OCH3 is 2. The van der Waals surface area contributed by atoms with Crippen molar-refractivity contribution in [3.8, 4) is 40.7 Å². The number of hydrogen-bond donors (Lipinski definition) is 2. The molecule has 3 aromatic carbocycles. The third-order valence-corrected chi connectivity index (χ3v) is 8.41. The fourth-order valence-electron chi connectivity index (χ4n) is 4.94. The van der Waals surface area contributed by atoms with Crippen LogP contribution in [0.1, 0.15) is 0 Å². The van der Waals surface area contributed by atoms with Crippen LogP contribution in [0.15, 0.2) is 64.0 Å². The minimum atomic E-state index is -4.30. The lowest BCUT2D eigenvalue weighted by molar-refractivity contribution is -0.125. The Hall–Kier alpha value is -4.93. The van der Waals surface area contributed by atoms with Gasteiger partial charge < -0.3 is 33.6 Å². The molecule has 1 aliphatic rings. The molecule has 1 saturated heterocycles. The van der Waals surface area contributed by atoms with Crippen LogP contribution in [0.2, 0.25) is 0 Å². The van der Waals surface area contributed by atoms with Crippen LogP contribution in [0, 0.1) is 12.3 Å². The molecule has 2 N–H and O–H groups in total. The van der Waals surface area contributed by atoms with Gasteiger partial charge in [0.05, 0.1) is 20.8 Å². The molecule has 0 saturated carbocycles. The number of nitrogens with one attached hydrogen (secondary N) is 1. The number of fused-ring (bicyclic) bond motifs is 1. The Morgan fingerprint density at radius 1 is 1.02 bits per heavy atom. The number of anilines is 2. The Labute approximate surface area is 248 Å². The van der Waals surface area contributed by atoms with Crippen LogP contribution in [-0.2, 0) is 14.8 Å². The third-order valence-electron chi connectivity index (χ3n) is 7.00. The van der Waals surface area contributed by atoms with Gasteiger partial charge in [-0.05, 0) is 53.4 Å². The number of aliphatic hydroxyl groups excluding tert-OH is 1. The van der Waals surface area contributed by atoms with Gasteiger partial charge in [-0.3, -0.25) is 9.52 Å². The Morgan fingerprint density at radius 2 is 1.74 bits per heavy atom. The Balaban J connectivity index is 1.45. The van der Waals surface area contributed by atoms with E-state index in [-0.39, 0.29) is 41.3 Å². The van der Waals surface area contributed by atoms with Crippen molar-refractivity contribution in [3.05, 3.63) is 54.6 Å². The predicted molar refractivity (Wildman–Crippen MR) is 160 cm³/mol. The Kier molecular flexibility index (Phi) is 8.61. The number of benzene rings is 3. The number of carbonyl (C=O) groups excluding carboxylic acids is 1. The molecular weight excluding hydrogens is 576 g/mol. The van der Waals surface area contributed by atoms with E-state index in [4.69, 9.17) is 25.2 Å². The highest BCUT2D eigenvalue weighted by Gasteiger charge is 2.28. The summed E-state index contributed by atoms with van der Waals surface area (Å²) in [5.41, 5.74) is 2.92. The summed E-state index contributed by atoms with van der Waals surface area (Å²) in [6.45, 7) is 1.95. The smallest absolute Gasteiger partial charge is 0.298 e. The zero-order valence-electron chi connectivity index (χ0n) is 23.6. The molecule has 4 aromatic rings. The lowest BCUT2D eigenvalue weighted by Crippen LogP contribution is -2.48. The minimum absolute atomic E-state index is 0.00638. The van der Waals surface area contributed by atoms with Crippen molar-refractivity contribution in [2.24, 2.45) is 0 Å². The average molecular weight is 607 g/mol. The highest BCUT2D eigenvalue weighted by molar-refractivity contribution is 7.93. The number of terminal acetylenes is 1. The van der Waals surface area contributed by atoms with Gasteiger partial charge in [0.1, 0.15) is 29.2 Å². The lowest BCUT2D eigenvalue weighted by atomic mass is 10.0. The number of aliphatic hydroxyl groups is 1. The number of sulfonamides is 1. The zero-order chi connectivity index (χ0) is 30.6. The van der Waals surface area contributed by atoms with Crippen molar-refractivity contribution in [3.63, 3.8) is 0 Å². The first-order valence-electron chi connectivity index (χ1n) is 13.3. The molecule has 0 unspecified atom stereocenters. The quantitative estimate of drug-likeness (QED) is 0.259. The van der Waals surface area contributed by atoms with Gasteiger partial charge in [0, 0.05) is 31.9 Å². The molecule has 224 valence electrons. The van der Waals surface area contributed by atoms with E-state index in [1.54, 1.807) is 23.1 Å². The van der Waals surface area contributed by atoms with E-state index >= 15 is 0 Å². The first kappa shape index (κ1) is 29.6. The number of carbonyl (C=O) groups is 1. The molecule has 13 heteroatoms. The second kappa shape index (κ2) is 12.5. The molecule has 2 heterocycles. The van der Waals surface area contributed by atoms with E-state index in [1.165, 1.54) is 26.4 Å². The Morgan fingerprint density at radius 3 is 2.44 bits per heavy atom. The van der Waals surface area contributed by atoms with Crippen molar-refractivity contribution >= 4 is 38.4 Å². The molecule has 0 atom stereocenters. The summed E-state index contributed by atoms with van der Waals surface area (Å²) in [4.78, 5) is 15.4. The van der Waals surface area contributed by atoms with Gasteiger partial charge in [-0.15, -0.1) is 6.42 Å². The van der Waals surface area contributed by atoms with Crippen molar-refractivity contribution in [1.82, 2.24) is 10.1 Å². The number of nitrogens with zero attached hydrogens (tertiary/aromatic N) is 3. The van der Waals surface area contributed by atoms with Gasteiger partial charge in [-0.2, -0.15) is 0 Å². The molecule has 43 heavy (non-hydrogen) atoms. The molecule has 12 nitrogen and oxygen atoms in total. The largest absolute Gasteiger partial charge is 0.496 e. The van der Waals surface area contributed by atoms with E-state index in [0.29, 0.717) is 42.9 Å². The summed E-state index contributed by atoms with van der Waals surface area (Å²) in [6.07, 6.45) is 5.26. The predicted octanol–water partition coefficient (Wildman–Crippen LogP) is 2.97.